The van der Waals surface area contributed by atoms with Crippen molar-refractivity contribution in [3.8, 4) is 0 Å². The molecule has 23 heavy (non-hydrogen) atoms. The molecule has 120 valence electrons. The van der Waals surface area contributed by atoms with Gasteiger partial charge < -0.3 is 9.47 Å². The third-order valence-electron chi connectivity index (χ3n) is 4.16. The predicted octanol–water partition coefficient (Wildman–Crippen LogP) is 4.02. The molecule has 2 aromatic carbocycles. The van der Waals surface area contributed by atoms with Crippen molar-refractivity contribution in [2.24, 2.45) is 0 Å². The van der Waals surface area contributed by atoms with E-state index in [2.05, 4.69) is 12.1 Å². The second-order valence-corrected chi connectivity index (χ2v) is 5.93. The monoisotopic (exact) mass is 310 g/mol. The standard InChI is InChI=1S/C20H22O3/c21-20(17-9-5-2-6-10-17)14-19-13-18(11-12-22-19)23-15-16-7-3-1-4-8-16/h1-10,18-19H,11-15H2/t18-,19+/m1/s1. The van der Waals surface area contributed by atoms with E-state index >= 15 is 0 Å². The highest BCUT2D eigenvalue weighted by atomic mass is 16.5. The maximum Gasteiger partial charge on any atom is 0.165 e. The Morgan fingerprint density at radius 3 is 2.48 bits per heavy atom. The summed E-state index contributed by atoms with van der Waals surface area (Å²) in [4.78, 5) is 12.3. The van der Waals surface area contributed by atoms with Gasteiger partial charge in [0.1, 0.15) is 0 Å². The van der Waals surface area contributed by atoms with Gasteiger partial charge >= 0.3 is 0 Å². The van der Waals surface area contributed by atoms with Crippen LogP contribution in [0.3, 0.4) is 0 Å². The third kappa shape index (κ3) is 4.75. The summed E-state index contributed by atoms with van der Waals surface area (Å²) in [5.41, 5.74) is 1.93. The highest BCUT2D eigenvalue weighted by Crippen LogP contribution is 2.22. The number of carbonyl (C=O) groups is 1. The van der Waals surface area contributed by atoms with Crippen molar-refractivity contribution in [1.82, 2.24) is 0 Å². The maximum atomic E-state index is 12.3. The number of hydrogen-bond donors (Lipinski definition) is 0. The summed E-state index contributed by atoms with van der Waals surface area (Å²) in [6, 6.07) is 19.6. The number of ketones is 1. The van der Waals surface area contributed by atoms with Crippen LogP contribution in [0.1, 0.15) is 35.2 Å². The number of rotatable bonds is 6. The average Bonchev–Trinajstić information content (AvgIpc) is 2.62. The highest BCUT2D eigenvalue weighted by Gasteiger charge is 2.25. The van der Waals surface area contributed by atoms with Gasteiger partial charge in [-0.1, -0.05) is 60.7 Å². The van der Waals surface area contributed by atoms with Crippen LogP contribution in [0.5, 0.6) is 0 Å². The van der Waals surface area contributed by atoms with Gasteiger partial charge in [0.25, 0.3) is 0 Å². The van der Waals surface area contributed by atoms with Gasteiger partial charge in [0.2, 0.25) is 0 Å². The number of hydrogen-bond acceptors (Lipinski definition) is 3. The van der Waals surface area contributed by atoms with E-state index in [4.69, 9.17) is 9.47 Å². The van der Waals surface area contributed by atoms with E-state index in [0.29, 0.717) is 19.6 Å². The van der Waals surface area contributed by atoms with Gasteiger partial charge in [0.05, 0.1) is 18.8 Å². The van der Waals surface area contributed by atoms with Crippen molar-refractivity contribution in [2.45, 2.75) is 38.1 Å². The van der Waals surface area contributed by atoms with Gasteiger partial charge in [-0.15, -0.1) is 0 Å². The molecule has 0 saturated carbocycles. The summed E-state index contributed by atoms with van der Waals surface area (Å²) >= 11 is 0. The quantitative estimate of drug-likeness (QED) is 0.756. The van der Waals surface area contributed by atoms with Crippen molar-refractivity contribution >= 4 is 5.78 Å². The normalized spacial score (nSPS) is 21.0. The molecule has 1 aliphatic heterocycles. The van der Waals surface area contributed by atoms with Gasteiger partial charge in [-0.3, -0.25) is 4.79 Å². The van der Waals surface area contributed by atoms with Crippen molar-refractivity contribution in [3.63, 3.8) is 0 Å². The molecule has 0 radical (unpaired) electrons. The van der Waals surface area contributed by atoms with Crippen LogP contribution in [-0.4, -0.2) is 24.6 Å². The van der Waals surface area contributed by atoms with Crippen molar-refractivity contribution < 1.29 is 14.3 Å². The summed E-state index contributed by atoms with van der Waals surface area (Å²) in [6.07, 6.45) is 2.22. The largest absolute Gasteiger partial charge is 0.378 e. The van der Waals surface area contributed by atoms with Crippen LogP contribution in [0.4, 0.5) is 0 Å². The van der Waals surface area contributed by atoms with Gasteiger partial charge in [-0.25, -0.2) is 0 Å². The molecule has 0 aromatic heterocycles. The fourth-order valence-corrected chi connectivity index (χ4v) is 2.88. The number of Topliss-reactive ketones (excluding diaryl/α,β-unsaturated/α-hetero) is 1. The van der Waals surface area contributed by atoms with Crippen LogP contribution in [-0.2, 0) is 16.1 Å². The van der Waals surface area contributed by atoms with Crippen LogP contribution in [0, 0.1) is 0 Å². The number of ether oxygens (including phenoxy) is 2. The van der Waals surface area contributed by atoms with E-state index < -0.39 is 0 Å². The Morgan fingerprint density at radius 2 is 1.74 bits per heavy atom. The number of benzene rings is 2. The minimum atomic E-state index is -0.0442. The lowest BCUT2D eigenvalue weighted by Crippen LogP contribution is -2.32. The fourth-order valence-electron chi connectivity index (χ4n) is 2.88. The van der Waals surface area contributed by atoms with E-state index in [-0.39, 0.29) is 18.0 Å². The Kier molecular flexibility index (Phi) is 5.56. The minimum Gasteiger partial charge on any atom is -0.378 e. The Hall–Kier alpha value is -1.97. The van der Waals surface area contributed by atoms with Crippen LogP contribution < -0.4 is 0 Å². The molecule has 1 saturated heterocycles. The molecule has 0 spiro atoms. The zero-order valence-electron chi connectivity index (χ0n) is 13.2. The maximum absolute atomic E-state index is 12.3. The molecule has 3 heteroatoms. The van der Waals surface area contributed by atoms with E-state index in [9.17, 15) is 4.79 Å². The van der Waals surface area contributed by atoms with Crippen molar-refractivity contribution in [1.29, 1.82) is 0 Å². The lowest BCUT2D eigenvalue weighted by Gasteiger charge is -2.29. The first-order chi connectivity index (χ1) is 11.3. The van der Waals surface area contributed by atoms with Crippen LogP contribution in [0.15, 0.2) is 60.7 Å². The molecule has 0 unspecified atom stereocenters. The molecule has 1 heterocycles. The zero-order chi connectivity index (χ0) is 15.9. The SMILES string of the molecule is O=C(C[C@@H]1C[C@H](OCc2ccccc2)CCO1)c1ccccc1. The molecule has 0 N–H and O–H groups in total. The first-order valence-electron chi connectivity index (χ1n) is 8.16. The molecular weight excluding hydrogens is 288 g/mol. The molecule has 0 bridgehead atoms. The van der Waals surface area contributed by atoms with E-state index in [1.54, 1.807) is 0 Å². The van der Waals surface area contributed by atoms with Gasteiger partial charge in [-0.05, 0) is 12.0 Å². The number of carbonyl (C=O) groups excluding carboxylic acids is 1. The topological polar surface area (TPSA) is 35.5 Å². The highest BCUT2D eigenvalue weighted by molar-refractivity contribution is 5.96. The lowest BCUT2D eigenvalue weighted by atomic mass is 9.98. The molecular formula is C20H22O3. The summed E-state index contributed by atoms with van der Waals surface area (Å²) in [5.74, 6) is 0.138. The molecule has 3 nitrogen and oxygen atoms in total. The van der Waals surface area contributed by atoms with Crippen molar-refractivity contribution in [3.05, 3.63) is 71.8 Å². The molecule has 1 fully saturated rings. The van der Waals surface area contributed by atoms with Gasteiger partial charge in [0.15, 0.2) is 5.78 Å². The Balaban J connectivity index is 1.49. The van der Waals surface area contributed by atoms with Crippen molar-refractivity contribution in [2.75, 3.05) is 6.61 Å². The molecule has 2 aromatic rings. The van der Waals surface area contributed by atoms with Crippen LogP contribution in [0.2, 0.25) is 0 Å². The Bertz CT molecular complexity index is 609. The lowest BCUT2D eigenvalue weighted by molar-refractivity contribution is -0.0767. The summed E-state index contributed by atoms with van der Waals surface area (Å²) in [5, 5.41) is 0. The summed E-state index contributed by atoms with van der Waals surface area (Å²) < 4.78 is 11.7. The van der Waals surface area contributed by atoms with E-state index in [1.165, 1.54) is 5.56 Å². The van der Waals surface area contributed by atoms with Crippen LogP contribution in [0.25, 0.3) is 0 Å². The fraction of sp³-hybridized carbons (Fsp3) is 0.350. The predicted molar refractivity (Wildman–Crippen MR) is 89.4 cm³/mol. The smallest absolute Gasteiger partial charge is 0.165 e. The van der Waals surface area contributed by atoms with Gasteiger partial charge in [-0.2, -0.15) is 0 Å². The second kappa shape index (κ2) is 8.04. The molecule has 1 aliphatic rings. The zero-order valence-corrected chi connectivity index (χ0v) is 13.2. The first kappa shape index (κ1) is 15.9. The molecule has 0 aliphatic carbocycles. The first-order valence-corrected chi connectivity index (χ1v) is 8.16. The Labute approximate surface area is 137 Å². The van der Waals surface area contributed by atoms with Crippen LogP contribution >= 0.6 is 0 Å². The second-order valence-electron chi connectivity index (χ2n) is 5.93. The summed E-state index contributed by atoms with van der Waals surface area (Å²) in [7, 11) is 0. The molecule has 3 rings (SSSR count). The van der Waals surface area contributed by atoms with E-state index in [1.807, 2.05) is 48.5 Å². The van der Waals surface area contributed by atoms with Gasteiger partial charge in [0, 0.05) is 25.0 Å². The average molecular weight is 310 g/mol. The Morgan fingerprint density at radius 1 is 1.04 bits per heavy atom. The van der Waals surface area contributed by atoms with E-state index in [0.717, 1.165) is 18.4 Å². The molecule has 2 atom stereocenters. The molecule has 0 amide bonds. The minimum absolute atomic E-state index is 0.0442. The third-order valence-corrected chi connectivity index (χ3v) is 4.16. The summed E-state index contributed by atoms with van der Waals surface area (Å²) in [6.45, 7) is 1.27.